The predicted molar refractivity (Wildman–Crippen MR) is 92.3 cm³/mol. The van der Waals surface area contributed by atoms with E-state index in [0.717, 1.165) is 0 Å². The maximum atomic E-state index is 14.0. The van der Waals surface area contributed by atoms with Crippen LogP contribution in [0.25, 0.3) is 0 Å². The van der Waals surface area contributed by atoms with Gasteiger partial charge < -0.3 is 10.2 Å². The molecule has 1 N–H and O–H groups in total. The molecule has 138 valence electrons. The van der Waals surface area contributed by atoms with Gasteiger partial charge in [-0.05, 0) is 26.8 Å². The topological polar surface area (TPSA) is 83.6 Å². The minimum atomic E-state index is -3.08. The molecule has 2 rings (SSSR count). The van der Waals surface area contributed by atoms with Gasteiger partial charge in [-0.2, -0.15) is 0 Å². The zero-order valence-electron chi connectivity index (χ0n) is 14.6. The summed E-state index contributed by atoms with van der Waals surface area (Å²) in [6.07, 6.45) is 0. The van der Waals surface area contributed by atoms with Crippen LogP contribution in [0.2, 0.25) is 0 Å². The standard InChI is InChI=1S/C17H23FN2O4S/c1-12(15(21)20-8-10-25(23,24)11-9-20)19-16(22)17(2,3)13-6-4-5-7-14(13)18/h4-7,12H,8-11H2,1-3H3,(H,19,22). The molecule has 1 saturated heterocycles. The van der Waals surface area contributed by atoms with Crippen LogP contribution in [-0.4, -0.2) is 55.8 Å². The summed E-state index contributed by atoms with van der Waals surface area (Å²) < 4.78 is 36.9. The molecule has 0 radical (unpaired) electrons. The molecule has 8 heteroatoms. The molecular formula is C17H23FN2O4S. The van der Waals surface area contributed by atoms with Crippen LogP contribution in [0.5, 0.6) is 0 Å². The van der Waals surface area contributed by atoms with Crippen LogP contribution in [0, 0.1) is 5.82 Å². The summed E-state index contributed by atoms with van der Waals surface area (Å²) in [6.45, 7) is 4.97. The van der Waals surface area contributed by atoms with Crippen LogP contribution >= 0.6 is 0 Å². The molecule has 2 amide bonds. The van der Waals surface area contributed by atoms with E-state index in [0.29, 0.717) is 0 Å². The van der Waals surface area contributed by atoms with Gasteiger partial charge in [0.15, 0.2) is 9.84 Å². The van der Waals surface area contributed by atoms with Crippen LogP contribution in [-0.2, 0) is 24.8 Å². The molecule has 1 aromatic rings. The number of hydrogen-bond donors (Lipinski definition) is 1. The highest BCUT2D eigenvalue weighted by atomic mass is 32.2. The van der Waals surface area contributed by atoms with Crippen molar-refractivity contribution in [3.05, 3.63) is 35.6 Å². The Balaban J connectivity index is 2.04. The third kappa shape index (κ3) is 4.36. The lowest BCUT2D eigenvalue weighted by molar-refractivity contribution is -0.137. The number of carbonyl (C=O) groups is 2. The molecule has 1 fully saturated rings. The van der Waals surface area contributed by atoms with Crippen molar-refractivity contribution < 1.29 is 22.4 Å². The normalized spacial score (nSPS) is 18.5. The fourth-order valence-corrected chi connectivity index (χ4v) is 3.94. The molecule has 0 aromatic heterocycles. The molecule has 1 aromatic carbocycles. The highest BCUT2D eigenvalue weighted by molar-refractivity contribution is 7.91. The van der Waals surface area contributed by atoms with Crippen LogP contribution in [0.4, 0.5) is 4.39 Å². The van der Waals surface area contributed by atoms with Crippen molar-refractivity contribution >= 4 is 21.7 Å². The summed E-state index contributed by atoms with van der Waals surface area (Å²) in [4.78, 5) is 26.4. The van der Waals surface area contributed by atoms with Crippen LogP contribution in [0.15, 0.2) is 24.3 Å². The van der Waals surface area contributed by atoms with Crippen molar-refractivity contribution in [2.45, 2.75) is 32.2 Å². The number of nitrogens with zero attached hydrogens (tertiary/aromatic N) is 1. The second-order valence-corrected chi connectivity index (χ2v) is 9.08. The van der Waals surface area contributed by atoms with Crippen molar-refractivity contribution in [1.29, 1.82) is 0 Å². The predicted octanol–water partition coefficient (Wildman–Crippen LogP) is 0.865. The van der Waals surface area contributed by atoms with Crippen molar-refractivity contribution in [1.82, 2.24) is 10.2 Å². The smallest absolute Gasteiger partial charge is 0.244 e. The molecular weight excluding hydrogens is 347 g/mol. The first kappa shape index (κ1) is 19.4. The number of rotatable bonds is 4. The Bertz CT molecular complexity index is 763. The van der Waals surface area contributed by atoms with Crippen LogP contribution < -0.4 is 5.32 Å². The summed E-state index contributed by atoms with van der Waals surface area (Å²) >= 11 is 0. The number of nitrogens with one attached hydrogen (secondary N) is 1. The number of benzene rings is 1. The first-order chi connectivity index (χ1) is 11.5. The highest BCUT2D eigenvalue weighted by Crippen LogP contribution is 2.26. The average molecular weight is 370 g/mol. The monoisotopic (exact) mass is 370 g/mol. The maximum absolute atomic E-state index is 14.0. The van der Waals surface area contributed by atoms with Crippen molar-refractivity contribution in [2.24, 2.45) is 0 Å². The zero-order valence-corrected chi connectivity index (χ0v) is 15.4. The number of hydrogen-bond acceptors (Lipinski definition) is 4. The summed E-state index contributed by atoms with van der Waals surface area (Å²) in [5.74, 6) is -1.43. The average Bonchev–Trinajstić information content (AvgIpc) is 2.54. The van der Waals surface area contributed by atoms with Gasteiger partial charge in [0.1, 0.15) is 11.9 Å². The molecule has 1 aliphatic heterocycles. The molecule has 0 saturated carbocycles. The molecule has 0 bridgehead atoms. The quantitative estimate of drug-likeness (QED) is 0.852. The number of sulfone groups is 1. The lowest BCUT2D eigenvalue weighted by Gasteiger charge is -2.31. The zero-order chi connectivity index (χ0) is 18.8. The molecule has 1 aliphatic rings. The van der Waals surface area contributed by atoms with E-state index in [2.05, 4.69) is 5.32 Å². The number of amides is 2. The molecule has 6 nitrogen and oxygen atoms in total. The summed E-state index contributed by atoms with van der Waals surface area (Å²) in [7, 11) is -3.08. The van der Waals surface area contributed by atoms with E-state index in [-0.39, 0.29) is 36.1 Å². The molecule has 1 atom stereocenters. The molecule has 1 heterocycles. The highest BCUT2D eigenvalue weighted by Gasteiger charge is 2.35. The van der Waals surface area contributed by atoms with E-state index in [1.807, 2.05) is 0 Å². The van der Waals surface area contributed by atoms with Crippen molar-refractivity contribution in [3.8, 4) is 0 Å². The minimum absolute atomic E-state index is 0.0693. The van der Waals surface area contributed by atoms with E-state index in [1.54, 1.807) is 32.9 Å². The molecule has 25 heavy (non-hydrogen) atoms. The molecule has 0 aliphatic carbocycles. The first-order valence-corrected chi connectivity index (χ1v) is 9.92. The molecule has 0 spiro atoms. The van der Waals surface area contributed by atoms with Gasteiger partial charge in [0.2, 0.25) is 11.8 Å². The van der Waals surface area contributed by atoms with E-state index < -0.39 is 33.0 Å². The lowest BCUT2D eigenvalue weighted by atomic mass is 9.83. The van der Waals surface area contributed by atoms with Crippen LogP contribution in [0.3, 0.4) is 0 Å². The fraction of sp³-hybridized carbons (Fsp3) is 0.529. The van der Waals surface area contributed by atoms with E-state index >= 15 is 0 Å². The third-order valence-corrected chi connectivity index (χ3v) is 6.10. The first-order valence-electron chi connectivity index (χ1n) is 8.10. The summed E-state index contributed by atoms with van der Waals surface area (Å²) in [5, 5.41) is 2.62. The van der Waals surface area contributed by atoms with E-state index in [1.165, 1.54) is 17.0 Å². The Morgan fingerprint density at radius 3 is 2.32 bits per heavy atom. The van der Waals surface area contributed by atoms with Gasteiger partial charge in [-0.25, -0.2) is 12.8 Å². The van der Waals surface area contributed by atoms with Crippen molar-refractivity contribution in [2.75, 3.05) is 24.6 Å². The lowest BCUT2D eigenvalue weighted by Crippen LogP contribution is -2.54. The fourth-order valence-electron chi connectivity index (χ4n) is 2.74. The van der Waals surface area contributed by atoms with Gasteiger partial charge in [0.25, 0.3) is 0 Å². The SMILES string of the molecule is CC(NC(=O)C(C)(C)c1ccccc1F)C(=O)N1CCS(=O)(=O)CC1. The molecule has 1 unspecified atom stereocenters. The van der Waals surface area contributed by atoms with Crippen molar-refractivity contribution in [3.63, 3.8) is 0 Å². The Morgan fingerprint density at radius 2 is 1.76 bits per heavy atom. The second-order valence-electron chi connectivity index (χ2n) is 6.78. The largest absolute Gasteiger partial charge is 0.344 e. The van der Waals surface area contributed by atoms with Crippen LogP contribution in [0.1, 0.15) is 26.3 Å². The summed E-state index contributed by atoms with van der Waals surface area (Å²) in [6, 6.07) is 5.20. The van der Waals surface area contributed by atoms with E-state index in [4.69, 9.17) is 0 Å². The second kappa shape index (κ2) is 7.11. The number of halogens is 1. The summed E-state index contributed by atoms with van der Waals surface area (Å²) in [5.41, 5.74) is -0.901. The van der Waals surface area contributed by atoms with Gasteiger partial charge >= 0.3 is 0 Å². The van der Waals surface area contributed by atoms with Gasteiger partial charge in [-0.1, -0.05) is 18.2 Å². The Kier molecular flexibility index (Phi) is 5.51. The Labute approximate surface area is 147 Å². The third-order valence-electron chi connectivity index (χ3n) is 4.49. The maximum Gasteiger partial charge on any atom is 0.244 e. The Hall–Kier alpha value is -1.96. The Morgan fingerprint density at radius 1 is 1.20 bits per heavy atom. The van der Waals surface area contributed by atoms with E-state index in [9.17, 15) is 22.4 Å². The van der Waals surface area contributed by atoms with Gasteiger partial charge in [-0.15, -0.1) is 0 Å². The van der Waals surface area contributed by atoms with Gasteiger partial charge in [0.05, 0.1) is 16.9 Å². The van der Waals surface area contributed by atoms with Gasteiger partial charge in [0, 0.05) is 18.7 Å². The number of carbonyl (C=O) groups excluding carboxylic acids is 2. The minimum Gasteiger partial charge on any atom is -0.344 e. The van der Waals surface area contributed by atoms with Gasteiger partial charge in [-0.3, -0.25) is 9.59 Å².